The van der Waals surface area contributed by atoms with Crippen LogP contribution in [0.1, 0.15) is 31.2 Å². The molecule has 15 unspecified atom stereocenters. The molecule has 12 aliphatic carbocycles. The third kappa shape index (κ3) is 2.35. The summed E-state index contributed by atoms with van der Waals surface area (Å²) in [6.45, 7) is 0. The molecule has 0 bridgehead atoms. The van der Waals surface area contributed by atoms with Gasteiger partial charge in [-0.15, -0.1) is 0 Å². The number of ether oxygens (including phenoxy) is 1. The van der Waals surface area contributed by atoms with E-state index in [0.717, 1.165) is 60.2 Å². The Morgan fingerprint density at radius 2 is 1.58 bits per heavy atom. The molecule has 15 atom stereocenters. The van der Waals surface area contributed by atoms with Gasteiger partial charge in [0, 0.05) is 29.6 Å². The van der Waals surface area contributed by atoms with Crippen LogP contribution in [0.25, 0.3) is 0 Å². The molecule has 0 spiro atoms. The number of benzene rings is 1. The van der Waals surface area contributed by atoms with Gasteiger partial charge in [-0.25, -0.2) is 0 Å². The van der Waals surface area contributed by atoms with Crippen LogP contribution in [0.15, 0.2) is 124 Å². The smallest absolute Gasteiger partial charge is 0.305 e. The average Bonchev–Trinajstić information content (AvgIpc) is 3.27. The molecule has 1 aromatic rings. The maximum absolute atomic E-state index is 12.3. The van der Waals surface area contributed by atoms with Crippen molar-refractivity contribution in [2.24, 2.45) is 82.9 Å². The third-order valence-corrected chi connectivity index (χ3v) is 16.1. The van der Waals surface area contributed by atoms with Crippen molar-refractivity contribution in [2.45, 2.75) is 31.1 Å². The van der Waals surface area contributed by atoms with Gasteiger partial charge in [-0.1, -0.05) is 95.7 Å². The molecule has 2 nitrogen and oxygen atoms in total. The number of carbonyl (C=O) groups is 1. The zero-order chi connectivity index (χ0) is 29.1. The summed E-state index contributed by atoms with van der Waals surface area (Å²) in [4.78, 5) is 12.3. The number of hydrogen-bond donors (Lipinski definition) is 0. The Morgan fingerprint density at radius 1 is 0.800 bits per heavy atom. The summed E-state index contributed by atoms with van der Waals surface area (Å²) < 4.78 is 5.11. The van der Waals surface area contributed by atoms with Gasteiger partial charge in [-0.3, -0.25) is 4.79 Å². The maximum atomic E-state index is 12.3. The number of fused-ring (bicyclic) bond motifs is 4. The van der Waals surface area contributed by atoms with E-state index < -0.39 is 0 Å². The van der Waals surface area contributed by atoms with Crippen molar-refractivity contribution in [3.05, 3.63) is 129 Å². The van der Waals surface area contributed by atoms with Crippen LogP contribution in [0, 0.1) is 82.9 Å². The molecule has 0 aromatic heterocycles. The molecule has 2 heteroatoms. The molecule has 0 N–H and O–H groups in total. The topological polar surface area (TPSA) is 26.3 Å². The standard InChI is InChI=1S/C43H38O2/c1-45-28(44)8-5-15-43(23-6-3-2-4-7-23)41-26-14-13-25-24-12-11-19-9-10-20-16-21-17-22-18-27(42(41)43)36-35(26)34(25)40-38(36)32(22)31(21)37-30(20)29(19)33(24)39(37)40/h2-4,6-7,9-14,16,18,20,24-25,30-34,37-42H,5,8,15,17H2,1H3. The Labute approximate surface area is 265 Å². The van der Waals surface area contributed by atoms with Crippen molar-refractivity contribution >= 4 is 5.97 Å². The summed E-state index contributed by atoms with van der Waals surface area (Å²) in [6, 6.07) is 11.4. The van der Waals surface area contributed by atoms with Gasteiger partial charge in [-0.2, -0.15) is 0 Å². The molecule has 0 saturated heterocycles. The first-order valence-electron chi connectivity index (χ1n) is 18.0. The van der Waals surface area contributed by atoms with Crippen LogP contribution in [0.2, 0.25) is 0 Å². The molecule has 222 valence electrons. The van der Waals surface area contributed by atoms with E-state index in [1.807, 2.05) is 22.3 Å². The minimum absolute atomic E-state index is 0.0720. The molecule has 1 aromatic carbocycles. The van der Waals surface area contributed by atoms with Gasteiger partial charge in [-0.05, 0) is 118 Å². The maximum Gasteiger partial charge on any atom is 0.305 e. The van der Waals surface area contributed by atoms with Crippen molar-refractivity contribution in [1.29, 1.82) is 0 Å². The lowest BCUT2D eigenvalue weighted by atomic mass is 9.47. The minimum atomic E-state index is -0.0720. The van der Waals surface area contributed by atoms with Crippen LogP contribution in [0.4, 0.5) is 0 Å². The van der Waals surface area contributed by atoms with E-state index in [9.17, 15) is 4.79 Å². The Morgan fingerprint density at radius 3 is 2.47 bits per heavy atom. The molecule has 6 fully saturated rings. The molecule has 0 aliphatic heterocycles. The second-order valence-corrected chi connectivity index (χ2v) is 16.8. The van der Waals surface area contributed by atoms with Gasteiger partial charge >= 0.3 is 5.97 Å². The average molecular weight is 587 g/mol. The van der Waals surface area contributed by atoms with E-state index >= 15 is 0 Å². The fourth-order valence-electron chi connectivity index (χ4n) is 15.4. The van der Waals surface area contributed by atoms with E-state index in [1.165, 1.54) is 19.1 Å². The highest BCUT2D eigenvalue weighted by Gasteiger charge is 2.78. The second-order valence-electron chi connectivity index (χ2n) is 16.8. The first kappa shape index (κ1) is 23.9. The van der Waals surface area contributed by atoms with Gasteiger partial charge in [0.25, 0.3) is 0 Å². The zero-order valence-electron chi connectivity index (χ0n) is 25.7. The SMILES string of the molecule is COC(=O)CCCC1(c2ccccc2)C2C3=C4C5=C(C=C6CC7=CC8C=CC9=C%10C8C8C7C6C5C5C4C(C=C3)C(C=C9)C%10C85)C21. The number of methoxy groups -OCH3 is 1. The summed E-state index contributed by atoms with van der Waals surface area (Å²) in [5.74, 6) is 9.86. The zero-order valence-corrected chi connectivity index (χ0v) is 25.7. The predicted molar refractivity (Wildman–Crippen MR) is 172 cm³/mol. The highest BCUT2D eigenvalue weighted by atomic mass is 16.5. The first-order chi connectivity index (χ1) is 22.2. The summed E-state index contributed by atoms with van der Waals surface area (Å²) in [5.41, 5.74) is 15.8. The molecule has 12 aliphatic rings. The van der Waals surface area contributed by atoms with Gasteiger partial charge in [0.1, 0.15) is 0 Å². The van der Waals surface area contributed by atoms with Crippen molar-refractivity contribution < 1.29 is 9.53 Å². The number of carbonyl (C=O) groups excluding carboxylic acids is 1. The largest absolute Gasteiger partial charge is 0.469 e. The summed E-state index contributed by atoms with van der Waals surface area (Å²) in [5, 5.41) is 0. The fraction of sp³-hybridized carbons (Fsp3) is 0.465. The van der Waals surface area contributed by atoms with Gasteiger partial charge < -0.3 is 4.74 Å². The molecule has 0 heterocycles. The van der Waals surface area contributed by atoms with Crippen LogP contribution < -0.4 is 0 Å². The van der Waals surface area contributed by atoms with Crippen molar-refractivity contribution in [1.82, 2.24) is 0 Å². The summed E-state index contributed by atoms with van der Waals surface area (Å²) >= 11 is 0. The van der Waals surface area contributed by atoms with E-state index in [1.54, 1.807) is 22.3 Å². The number of hydrogen-bond acceptors (Lipinski definition) is 2. The highest BCUT2D eigenvalue weighted by molar-refractivity contribution is 5.72. The molecule has 6 saturated carbocycles. The van der Waals surface area contributed by atoms with E-state index in [4.69, 9.17) is 4.74 Å². The quantitative estimate of drug-likeness (QED) is 0.259. The number of esters is 1. The molecular formula is C43H38O2. The van der Waals surface area contributed by atoms with E-state index in [-0.39, 0.29) is 11.4 Å². The highest BCUT2D eigenvalue weighted by Crippen LogP contribution is 2.84. The fourth-order valence-corrected chi connectivity index (χ4v) is 15.4. The molecular weight excluding hydrogens is 548 g/mol. The summed E-state index contributed by atoms with van der Waals surface area (Å²) in [7, 11) is 1.53. The third-order valence-electron chi connectivity index (χ3n) is 16.1. The van der Waals surface area contributed by atoms with Crippen LogP contribution in [0.5, 0.6) is 0 Å². The Balaban J connectivity index is 1.06. The molecule has 0 amide bonds. The number of rotatable bonds is 5. The second kappa shape index (κ2) is 7.43. The summed E-state index contributed by atoms with van der Waals surface area (Å²) in [6.07, 6.45) is 25.0. The van der Waals surface area contributed by atoms with Crippen LogP contribution in [-0.2, 0) is 14.9 Å². The van der Waals surface area contributed by atoms with E-state index in [2.05, 4.69) is 78.9 Å². The number of allylic oxidation sites excluding steroid dienone is 16. The minimum Gasteiger partial charge on any atom is -0.469 e. The lowest BCUT2D eigenvalue weighted by Gasteiger charge is -2.56. The van der Waals surface area contributed by atoms with Gasteiger partial charge in [0.2, 0.25) is 0 Å². The van der Waals surface area contributed by atoms with Crippen molar-refractivity contribution in [3.63, 3.8) is 0 Å². The molecule has 45 heavy (non-hydrogen) atoms. The Kier molecular flexibility index (Phi) is 3.94. The molecule has 13 rings (SSSR count). The normalized spacial score (nSPS) is 50.4. The van der Waals surface area contributed by atoms with Crippen LogP contribution >= 0.6 is 0 Å². The Bertz CT molecular complexity index is 1960. The van der Waals surface area contributed by atoms with E-state index in [0.29, 0.717) is 41.9 Å². The van der Waals surface area contributed by atoms with Crippen molar-refractivity contribution in [3.8, 4) is 0 Å². The predicted octanol–water partition coefficient (Wildman–Crippen LogP) is 7.86. The Hall–Kier alpha value is -3.39. The molecule has 0 radical (unpaired) electrons. The van der Waals surface area contributed by atoms with Crippen molar-refractivity contribution in [2.75, 3.05) is 7.11 Å². The lowest BCUT2D eigenvalue weighted by Crippen LogP contribution is -2.53. The van der Waals surface area contributed by atoms with Gasteiger partial charge in [0.15, 0.2) is 0 Å². The van der Waals surface area contributed by atoms with Gasteiger partial charge in [0.05, 0.1) is 7.11 Å². The lowest BCUT2D eigenvalue weighted by molar-refractivity contribution is -0.140. The van der Waals surface area contributed by atoms with Crippen LogP contribution in [-0.4, -0.2) is 13.1 Å². The monoisotopic (exact) mass is 586 g/mol. The first-order valence-corrected chi connectivity index (χ1v) is 18.0. The van der Waals surface area contributed by atoms with Crippen LogP contribution in [0.3, 0.4) is 0 Å².